The molecule has 1 aromatic carbocycles. The van der Waals surface area contributed by atoms with E-state index in [2.05, 4.69) is 5.10 Å². The van der Waals surface area contributed by atoms with Crippen molar-refractivity contribution in [1.29, 1.82) is 0 Å². The van der Waals surface area contributed by atoms with Crippen molar-refractivity contribution in [2.24, 2.45) is 5.73 Å². The molecule has 0 fully saturated rings. The number of aromatic nitrogens is 2. The van der Waals surface area contributed by atoms with Gasteiger partial charge in [-0.25, -0.2) is 9.07 Å². The summed E-state index contributed by atoms with van der Waals surface area (Å²) in [6.07, 6.45) is 0. The van der Waals surface area contributed by atoms with Crippen molar-refractivity contribution >= 4 is 11.6 Å². The highest BCUT2D eigenvalue weighted by atomic mass is 35.5. The molecule has 1 aromatic heterocycles. The average molecular weight is 254 g/mol. The van der Waals surface area contributed by atoms with E-state index in [4.69, 9.17) is 17.3 Å². The number of hydrogen-bond donors (Lipinski definition) is 1. The largest absolute Gasteiger partial charge is 0.326 e. The predicted molar refractivity (Wildman–Crippen MR) is 65.9 cm³/mol. The van der Waals surface area contributed by atoms with Crippen LogP contribution in [0, 0.1) is 19.7 Å². The number of nitrogens with zero attached hydrogens (tertiary/aromatic N) is 2. The molecule has 0 saturated carbocycles. The third kappa shape index (κ3) is 2.06. The van der Waals surface area contributed by atoms with Crippen molar-refractivity contribution in [2.75, 3.05) is 0 Å². The number of nitrogens with two attached hydrogens (primary N) is 1. The summed E-state index contributed by atoms with van der Waals surface area (Å²) in [6, 6.07) is 4.52. The molecule has 2 aromatic rings. The summed E-state index contributed by atoms with van der Waals surface area (Å²) in [6.45, 7) is 4.27. The third-order valence-electron chi connectivity index (χ3n) is 2.79. The number of halogens is 2. The van der Waals surface area contributed by atoms with Crippen molar-refractivity contribution in [3.8, 4) is 5.69 Å². The van der Waals surface area contributed by atoms with Crippen LogP contribution in [0.25, 0.3) is 5.69 Å². The van der Waals surface area contributed by atoms with Gasteiger partial charge in [0.2, 0.25) is 0 Å². The Bertz CT molecular complexity index is 563. The van der Waals surface area contributed by atoms with Crippen molar-refractivity contribution in [3.63, 3.8) is 0 Å². The molecule has 0 unspecified atom stereocenters. The van der Waals surface area contributed by atoms with E-state index in [1.165, 1.54) is 6.07 Å². The van der Waals surface area contributed by atoms with Crippen LogP contribution in [0.1, 0.15) is 17.0 Å². The molecule has 0 aliphatic heterocycles. The maximum Gasteiger partial charge on any atom is 0.141 e. The van der Waals surface area contributed by atoms with Crippen LogP contribution in [0.5, 0.6) is 0 Å². The first-order valence-corrected chi connectivity index (χ1v) is 5.63. The van der Waals surface area contributed by atoms with Gasteiger partial charge in [-0.3, -0.25) is 0 Å². The number of hydrogen-bond acceptors (Lipinski definition) is 2. The van der Waals surface area contributed by atoms with Crippen molar-refractivity contribution in [2.45, 2.75) is 20.4 Å². The van der Waals surface area contributed by atoms with E-state index in [1.54, 1.807) is 16.8 Å². The molecule has 0 radical (unpaired) electrons. The van der Waals surface area contributed by atoms with E-state index < -0.39 is 5.82 Å². The molecule has 2 rings (SSSR count). The lowest BCUT2D eigenvalue weighted by atomic mass is 10.2. The van der Waals surface area contributed by atoms with Gasteiger partial charge in [0, 0.05) is 17.8 Å². The molecule has 17 heavy (non-hydrogen) atoms. The molecule has 2 N–H and O–H groups in total. The van der Waals surface area contributed by atoms with Crippen LogP contribution >= 0.6 is 11.6 Å². The second-order valence-corrected chi connectivity index (χ2v) is 4.27. The molecular formula is C12H13ClFN3. The van der Waals surface area contributed by atoms with E-state index in [0.717, 1.165) is 22.6 Å². The zero-order valence-electron chi connectivity index (χ0n) is 9.67. The molecular weight excluding hydrogens is 241 g/mol. The lowest BCUT2D eigenvalue weighted by Crippen LogP contribution is -2.02. The Labute approximate surface area is 104 Å². The van der Waals surface area contributed by atoms with Crippen LogP contribution in [-0.4, -0.2) is 9.78 Å². The SMILES string of the molecule is Cc1nn(-c2ccc(F)c(Cl)c2)c(C)c1CN. The molecule has 0 saturated heterocycles. The van der Waals surface area contributed by atoms with E-state index in [0.29, 0.717) is 6.54 Å². The van der Waals surface area contributed by atoms with E-state index in [1.807, 2.05) is 13.8 Å². The Kier molecular flexibility index (Phi) is 3.17. The molecule has 90 valence electrons. The van der Waals surface area contributed by atoms with Crippen LogP contribution in [-0.2, 0) is 6.54 Å². The minimum Gasteiger partial charge on any atom is -0.326 e. The number of aryl methyl sites for hydroxylation is 1. The number of rotatable bonds is 2. The predicted octanol–water partition coefficient (Wildman–Crippen LogP) is 2.74. The topological polar surface area (TPSA) is 43.8 Å². The van der Waals surface area contributed by atoms with Gasteiger partial charge in [-0.05, 0) is 32.0 Å². The fourth-order valence-corrected chi connectivity index (χ4v) is 2.01. The molecule has 0 aliphatic carbocycles. The molecule has 0 amide bonds. The highest BCUT2D eigenvalue weighted by molar-refractivity contribution is 6.30. The highest BCUT2D eigenvalue weighted by Crippen LogP contribution is 2.22. The molecule has 3 nitrogen and oxygen atoms in total. The number of benzene rings is 1. The van der Waals surface area contributed by atoms with Gasteiger partial charge in [0.1, 0.15) is 5.82 Å². The normalized spacial score (nSPS) is 10.9. The zero-order valence-corrected chi connectivity index (χ0v) is 10.4. The summed E-state index contributed by atoms with van der Waals surface area (Å²) in [4.78, 5) is 0. The monoisotopic (exact) mass is 253 g/mol. The third-order valence-corrected chi connectivity index (χ3v) is 3.08. The summed E-state index contributed by atoms with van der Waals surface area (Å²) in [5.74, 6) is -0.434. The van der Waals surface area contributed by atoms with Crippen LogP contribution in [0.15, 0.2) is 18.2 Å². The molecule has 5 heteroatoms. The van der Waals surface area contributed by atoms with Gasteiger partial charge in [0.25, 0.3) is 0 Å². The van der Waals surface area contributed by atoms with Gasteiger partial charge in [-0.1, -0.05) is 11.6 Å². The summed E-state index contributed by atoms with van der Waals surface area (Å²) in [5.41, 5.74) is 9.23. The molecule has 0 aliphatic rings. The molecule has 0 bridgehead atoms. The molecule has 1 heterocycles. The van der Waals surface area contributed by atoms with Gasteiger partial charge in [-0.2, -0.15) is 5.10 Å². The Morgan fingerprint density at radius 2 is 2.12 bits per heavy atom. The first kappa shape index (κ1) is 12.1. The highest BCUT2D eigenvalue weighted by Gasteiger charge is 2.12. The summed E-state index contributed by atoms with van der Waals surface area (Å²) in [5, 5.41) is 4.46. The first-order chi connectivity index (χ1) is 8.04. The maximum absolute atomic E-state index is 13.1. The standard InChI is InChI=1S/C12H13ClFN3/c1-7-10(6-15)8(2)17(16-7)9-3-4-12(14)11(13)5-9/h3-5H,6,15H2,1-2H3. The van der Waals surface area contributed by atoms with Crippen LogP contribution in [0.2, 0.25) is 5.02 Å². The van der Waals surface area contributed by atoms with Gasteiger partial charge in [-0.15, -0.1) is 0 Å². The second kappa shape index (κ2) is 4.47. The van der Waals surface area contributed by atoms with Crippen molar-refractivity contribution in [3.05, 3.63) is 46.0 Å². The first-order valence-electron chi connectivity index (χ1n) is 5.25. The molecule has 0 spiro atoms. The van der Waals surface area contributed by atoms with Crippen molar-refractivity contribution in [1.82, 2.24) is 9.78 Å². The summed E-state index contributed by atoms with van der Waals surface area (Å²) >= 11 is 5.76. The Morgan fingerprint density at radius 3 is 2.65 bits per heavy atom. The minimum atomic E-state index is -0.434. The fraction of sp³-hybridized carbons (Fsp3) is 0.250. The Morgan fingerprint density at radius 1 is 1.41 bits per heavy atom. The molecule has 0 atom stereocenters. The fourth-order valence-electron chi connectivity index (χ4n) is 1.84. The van der Waals surface area contributed by atoms with Gasteiger partial charge in [0.15, 0.2) is 0 Å². The van der Waals surface area contributed by atoms with Crippen LogP contribution < -0.4 is 5.73 Å². The van der Waals surface area contributed by atoms with Gasteiger partial charge < -0.3 is 5.73 Å². The quantitative estimate of drug-likeness (QED) is 0.894. The Hall–Kier alpha value is -1.39. The second-order valence-electron chi connectivity index (χ2n) is 3.86. The summed E-state index contributed by atoms with van der Waals surface area (Å²) in [7, 11) is 0. The maximum atomic E-state index is 13.1. The summed E-state index contributed by atoms with van der Waals surface area (Å²) < 4.78 is 14.8. The lowest BCUT2D eigenvalue weighted by molar-refractivity contribution is 0.627. The lowest BCUT2D eigenvalue weighted by Gasteiger charge is -2.05. The van der Waals surface area contributed by atoms with E-state index in [9.17, 15) is 4.39 Å². The van der Waals surface area contributed by atoms with Crippen LogP contribution in [0.4, 0.5) is 4.39 Å². The smallest absolute Gasteiger partial charge is 0.141 e. The van der Waals surface area contributed by atoms with E-state index in [-0.39, 0.29) is 5.02 Å². The van der Waals surface area contributed by atoms with Gasteiger partial charge >= 0.3 is 0 Å². The minimum absolute atomic E-state index is 0.0874. The zero-order chi connectivity index (χ0) is 12.6. The van der Waals surface area contributed by atoms with Gasteiger partial charge in [0.05, 0.1) is 16.4 Å². The van der Waals surface area contributed by atoms with Crippen molar-refractivity contribution < 1.29 is 4.39 Å². The van der Waals surface area contributed by atoms with Crippen LogP contribution in [0.3, 0.4) is 0 Å². The van der Waals surface area contributed by atoms with E-state index >= 15 is 0 Å². The average Bonchev–Trinajstić information content (AvgIpc) is 2.58. The Balaban J connectivity index is 2.57.